The molecular formula is C44H25N3. The Kier molecular flexibility index (Phi) is 4.84. The van der Waals surface area contributed by atoms with Crippen molar-refractivity contribution in [1.29, 1.82) is 0 Å². The van der Waals surface area contributed by atoms with Crippen LogP contribution < -0.4 is 0 Å². The fraction of sp³-hybridized carbons (Fsp3) is 0. The molecule has 1 aliphatic carbocycles. The molecule has 0 N–H and O–H groups in total. The zero-order valence-corrected chi connectivity index (χ0v) is 25.3. The summed E-state index contributed by atoms with van der Waals surface area (Å²) < 4.78 is 2.29. The maximum absolute atomic E-state index is 5.47. The molecule has 2 aromatic heterocycles. The lowest BCUT2D eigenvalue weighted by atomic mass is 9.93. The number of rotatable bonds is 2. The number of hydrogen-bond donors (Lipinski definition) is 0. The standard InChI is InChI=1S/C44H25N3/c1-2-11-29-25-30(22-21-26(29)9-1)42-36-24-23-27-10-3-4-14-31(27)43(36)46-44(45-42)47-37-19-7-17-34-32-15-5-12-28-13-6-16-33(39(28)32)35-18-8-20-38(47)41(35)40(34)37/h1-25H. The first-order chi connectivity index (χ1) is 23.3. The summed E-state index contributed by atoms with van der Waals surface area (Å²) in [5.74, 6) is 0.679. The summed E-state index contributed by atoms with van der Waals surface area (Å²) in [5.41, 5.74) is 10.2. The maximum atomic E-state index is 5.47. The van der Waals surface area contributed by atoms with E-state index in [0.717, 1.165) is 38.6 Å². The van der Waals surface area contributed by atoms with Gasteiger partial charge >= 0.3 is 0 Å². The topological polar surface area (TPSA) is 30.7 Å². The minimum atomic E-state index is 0.679. The highest BCUT2D eigenvalue weighted by Crippen LogP contribution is 2.49. The highest BCUT2D eigenvalue weighted by Gasteiger charge is 2.26. The van der Waals surface area contributed by atoms with Crippen molar-refractivity contribution in [2.75, 3.05) is 0 Å². The largest absolute Gasteiger partial charge is 0.278 e. The number of nitrogens with zero attached hydrogens (tertiary/aromatic N) is 3. The molecular weight excluding hydrogens is 571 g/mol. The molecule has 11 rings (SSSR count). The van der Waals surface area contributed by atoms with Gasteiger partial charge in [-0.05, 0) is 73.5 Å². The van der Waals surface area contributed by atoms with E-state index in [9.17, 15) is 0 Å². The van der Waals surface area contributed by atoms with Crippen LogP contribution in [0.2, 0.25) is 0 Å². The van der Waals surface area contributed by atoms with Crippen LogP contribution in [0, 0.1) is 0 Å². The molecule has 3 nitrogen and oxygen atoms in total. The molecule has 47 heavy (non-hydrogen) atoms. The number of benzene rings is 8. The first-order valence-corrected chi connectivity index (χ1v) is 16.1. The summed E-state index contributed by atoms with van der Waals surface area (Å²) in [7, 11) is 0. The van der Waals surface area contributed by atoms with Gasteiger partial charge in [-0.1, -0.05) is 127 Å². The van der Waals surface area contributed by atoms with Crippen LogP contribution in [-0.4, -0.2) is 14.5 Å². The molecule has 216 valence electrons. The van der Waals surface area contributed by atoms with Gasteiger partial charge in [0, 0.05) is 27.1 Å². The Bertz CT molecular complexity index is 2870. The lowest BCUT2D eigenvalue weighted by molar-refractivity contribution is 1.02. The van der Waals surface area contributed by atoms with Crippen molar-refractivity contribution < 1.29 is 0 Å². The Hall–Kier alpha value is -6.32. The summed E-state index contributed by atoms with van der Waals surface area (Å²) in [6.07, 6.45) is 0. The molecule has 0 unspecified atom stereocenters. The van der Waals surface area contributed by atoms with Crippen molar-refractivity contribution in [1.82, 2.24) is 14.5 Å². The minimum Gasteiger partial charge on any atom is -0.278 e. The van der Waals surface area contributed by atoms with Crippen LogP contribution in [0.5, 0.6) is 0 Å². The van der Waals surface area contributed by atoms with Gasteiger partial charge in [0.15, 0.2) is 0 Å². The summed E-state index contributed by atoms with van der Waals surface area (Å²) in [4.78, 5) is 10.9. The maximum Gasteiger partial charge on any atom is 0.235 e. The van der Waals surface area contributed by atoms with Gasteiger partial charge in [-0.15, -0.1) is 0 Å². The molecule has 8 aromatic carbocycles. The first-order valence-electron chi connectivity index (χ1n) is 16.1. The summed E-state index contributed by atoms with van der Waals surface area (Å²) in [6, 6.07) is 54.8. The van der Waals surface area contributed by atoms with Crippen molar-refractivity contribution in [3.05, 3.63) is 152 Å². The van der Waals surface area contributed by atoms with Gasteiger partial charge in [0.05, 0.1) is 22.2 Å². The lowest BCUT2D eigenvalue weighted by Crippen LogP contribution is -2.04. The van der Waals surface area contributed by atoms with Gasteiger partial charge in [-0.2, -0.15) is 0 Å². The van der Waals surface area contributed by atoms with E-state index < -0.39 is 0 Å². The summed E-state index contributed by atoms with van der Waals surface area (Å²) >= 11 is 0. The molecule has 0 saturated heterocycles. The average Bonchev–Trinajstić information content (AvgIpc) is 3.42. The van der Waals surface area contributed by atoms with Crippen LogP contribution in [0.4, 0.5) is 0 Å². The van der Waals surface area contributed by atoms with Gasteiger partial charge in [0.1, 0.15) is 0 Å². The molecule has 0 fully saturated rings. The minimum absolute atomic E-state index is 0.679. The van der Waals surface area contributed by atoms with Gasteiger partial charge in [-0.25, -0.2) is 9.97 Å². The van der Waals surface area contributed by atoms with Crippen molar-refractivity contribution in [2.24, 2.45) is 0 Å². The van der Waals surface area contributed by atoms with E-state index in [0.29, 0.717) is 5.95 Å². The second-order valence-corrected chi connectivity index (χ2v) is 12.6. The Morgan fingerprint density at radius 2 is 0.957 bits per heavy atom. The molecule has 2 heterocycles. The Balaban J connectivity index is 1.30. The molecule has 0 spiro atoms. The number of aromatic nitrogens is 3. The number of fused-ring (bicyclic) bond motifs is 6. The third kappa shape index (κ3) is 3.35. The highest BCUT2D eigenvalue weighted by molar-refractivity contribution is 6.27. The highest BCUT2D eigenvalue weighted by atomic mass is 15.2. The molecule has 0 atom stereocenters. The molecule has 0 saturated carbocycles. The van der Waals surface area contributed by atoms with Crippen molar-refractivity contribution in [3.8, 4) is 39.5 Å². The third-order valence-electron chi connectivity index (χ3n) is 10.1. The Labute approximate surface area is 270 Å². The van der Waals surface area contributed by atoms with Gasteiger partial charge < -0.3 is 0 Å². The van der Waals surface area contributed by atoms with Gasteiger partial charge in [0.25, 0.3) is 0 Å². The van der Waals surface area contributed by atoms with Crippen LogP contribution in [0.1, 0.15) is 0 Å². The van der Waals surface area contributed by atoms with E-state index in [1.54, 1.807) is 0 Å². The molecule has 0 bridgehead atoms. The van der Waals surface area contributed by atoms with Gasteiger partial charge in [-0.3, -0.25) is 4.57 Å². The van der Waals surface area contributed by atoms with Crippen molar-refractivity contribution in [3.63, 3.8) is 0 Å². The molecule has 0 amide bonds. The van der Waals surface area contributed by atoms with E-state index in [2.05, 4.69) is 156 Å². The summed E-state index contributed by atoms with van der Waals surface area (Å²) in [6.45, 7) is 0. The SMILES string of the molecule is c1ccc2cc(-c3nc(-n4c5cccc6c5c5c(cccc54)-c4cccc5cccc-6c45)nc4c3ccc3ccccc34)ccc2c1. The van der Waals surface area contributed by atoms with Gasteiger partial charge in [0.2, 0.25) is 5.95 Å². The van der Waals surface area contributed by atoms with E-state index in [-0.39, 0.29) is 0 Å². The monoisotopic (exact) mass is 595 g/mol. The molecule has 10 aromatic rings. The fourth-order valence-corrected chi connectivity index (χ4v) is 8.07. The fourth-order valence-electron chi connectivity index (χ4n) is 8.07. The van der Waals surface area contributed by atoms with Crippen LogP contribution in [0.15, 0.2) is 152 Å². The van der Waals surface area contributed by atoms with E-state index in [4.69, 9.17) is 9.97 Å². The predicted octanol–water partition coefficient (Wildman–Crippen LogP) is 11.5. The smallest absolute Gasteiger partial charge is 0.235 e. The predicted molar refractivity (Wildman–Crippen MR) is 196 cm³/mol. The zero-order valence-electron chi connectivity index (χ0n) is 25.3. The average molecular weight is 596 g/mol. The molecule has 1 aliphatic rings. The second-order valence-electron chi connectivity index (χ2n) is 12.6. The van der Waals surface area contributed by atoms with Crippen molar-refractivity contribution >= 4 is 65.0 Å². The molecule has 3 heteroatoms. The Morgan fingerprint density at radius 1 is 0.383 bits per heavy atom. The van der Waals surface area contributed by atoms with E-state index in [1.165, 1.54) is 60.0 Å². The summed E-state index contributed by atoms with van der Waals surface area (Å²) in [5, 5.41) is 10.8. The quantitative estimate of drug-likeness (QED) is 0.186. The first kappa shape index (κ1) is 24.9. The van der Waals surface area contributed by atoms with Crippen molar-refractivity contribution in [2.45, 2.75) is 0 Å². The van der Waals surface area contributed by atoms with Crippen LogP contribution in [0.25, 0.3) is 104 Å². The molecule has 0 radical (unpaired) electrons. The number of hydrogen-bond acceptors (Lipinski definition) is 2. The molecule has 0 aliphatic heterocycles. The lowest BCUT2D eigenvalue weighted by Gasteiger charge is -2.15. The van der Waals surface area contributed by atoms with E-state index in [1.807, 2.05) is 0 Å². The second kappa shape index (κ2) is 9.12. The van der Waals surface area contributed by atoms with Crippen LogP contribution in [0.3, 0.4) is 0 Å². The zero-order chi connectivity index (χ0) is 30.6. The van der Waals surface area contributed by atoms with Crippen LogP contribution >= 0.6 is 0 Å². The van der Waals surface area contributed by atoms with E-state index >= 15 is 0 Å². The normalized spacial score (nSPS) is 12.3. The van der Waals surface area contributed by atoms with Crippen LogP contribution in [-0.2, 0) is 0 Å². The third-order valence-corrected chi connectivity index (χ3v) is 10.1. The Morgan fingerprint density at radius 3 is 1.68 bits per heavy atom.